The summed E-state index contributed by atoms with van der Waals surface area (Å²) in [5.74, 6) is 0.458. The van der Waals surface area contributed by atoms with E-state index in [9.17, 15) is 4.79 Å². The summed E-state index contributed by atoms with van der Waals surface area (Å²) in [6.45, 7) is 8.50. The molecule has 0 saturated carbocycles. The van der Waals surface area contributed by atoms with Crippen molar-refractivity contribution in [2.24, 2.45) is 11.7 Å². The molecule has 7 nitrogen and oxygen atoms in total. The zero-order chi connectivity index (χ0) is 21.5. The monoisotopic (exact) mass is 412 g/mol. The largest absolute Gasteiger partial charge is 0.369 e. The maximum absolute atomic E-state index is 12.7. The molecule has 3 rings (SSSR count). The fourth-order valence-electron chi connectivity index (χ4n) is 4.63. The molecule has 1 fully saturated rings. The summed E-state index contributed by atoms with van der Waals surface area (Å²) in [4.78, 5) is 28.6. The van der Waals surface area contributed by atoms with E-state index in [1.807, 2.05) is 19.2 Å². The number of imidazole rings is 1. The molecule has 1 aliphatic rings. The van der Waals surface area contributed by atoms with Crippen LogP contribution >= 0.6 is 0 Å². The van der Waals surface area contributed by atoms with Crippen LogP contribution in [-0.4, -0.2) is 49.5 Å². The molecule has 164 valence electrons. The smallest absolute Gasteiger partial charge is 0.235 e. The predicted octanol–water partition coefficient (Wildman–Crippen LogP) is 3.61. The first kappa shape index (κ1) is 22.4. The van der Waals surface area contributed by atoms with Crippen LogP contribution in [0.25, 0.3) is 5.95 Å². The van der Waals surface area contributed by atoms with Gasteiger partial charge in [0, 0.05) is 30.7 Å². The van der Waals surface area contributed by atoms with E-state index < -0.39 is 5.92 Å². The fourth-order valence-corrected chi connectivity index (χ4v) is 4.63. The van der Waals surface area contributed by atoms with Gasteiger partial charge in [-0.15, -0.1) is 0 Å². The number of primary amides is 1. The van der Waals surface area contributed by atoms with Gasteiger partial charge in [-0.05, 0) is 44.7 Å². The van der Waals surface area contributed by atoms with Crippen LogP contribution in [0.3, 0.4) is 0 Å². The molecular weight excluding hydrogens is 376 g/mol. The molecule has 3 heterocycles. The molecule has 2 aromatic rings. The number of aryl methyl sites for hydroxylation is 1. The van der Waals surface area contributed by atoms with Crippen molar-refractivity contribution in [1.29, 1.82) is 0 Å². The van der Waals surface area contributed by atoms with Crippen LogP contribution in [0.4, 0.5) is 0 Å². The molecule has 1 saturated heterocycles. The van der Waals surface area contributed by atoms with Crippen molar-refractivity contribution in [1.82, 2.24) is 24.4 Å². The summed E-state index contributed by atoms with van der Waals surface area (Å²) in [5.41, 5.74) is 7.52. The lowest BCUT2D eigenvalue weighted by molar-refractivity contribution is -0.121. The van der Waals surface area contributed by atoms with E-state index in [0.717, 1.165) is 37.3 Å². The quantitative estimate of drug-likeness (QED) is 0.644. The van der Waals surface area contributed by atoms with Crippen molar-refractivity contribution in [3.05, 3.63) is 36.2 Å². The number of rotatable bonds is 10. The number of carbonyl (C=O) groups is 1. The van der Waals surface area contributed by atoms with E-state index in [1.54, 1.807) is 17.1 Å². The number of unbranched alkanes of at least 4 members (excludes halogenated alkanes) is 1. The molecule has 0 radical (unpaired) electrons. The van der Waals surface area contributed by atoms with Crippen molar-refractivity contribution in [3.63, 3.8) is 0 Å². The molecule has 0 aliphatic carbocycles. The van der Waals surface area contributed by atoms with Gasteiger partial charge in [-0.25, -0.2) is 15.0 Å². The first-order valence-corrected chi connectivity index (χ1v) is 11.4. The number of nitrogens with two attached hydrogens (primary N) is 1. The third-order valence-electron chi connectivity index (χ3n) is 6.31. The number of hydrogen-bond donors (Lipinski definition) is 1. The van der Waals surface area contributed by atoms with Crippen molar-refractivity contribution in [3.8, 4) is 5.95 Å². The van der Waals surface area contributed by atoms with Gasteiger partial charge in [-0.3, -0.25) is 14.3 Å². The van der Waals surface area contributed by atoms with Crippen molar-refractivity contribution in [2.45, 2.75) is 77.7 Å². The standard InChI is InChI=1S/C23H36N6O/c1-4-6-9-18(5-2)15-28-12-8-7-10-20(28)21(22(24)30)19-14-17(3)26-23(27-19)29-13-11-25-16-29/h11,13-14,16,18,20-21H,4-10,12,15H2,1-3H3,(H2,24,30). The first-order valence-electron chi connectivity index (χ1n) is 11.4. The van der Waals surface area contributed by atoms with Crippen LogP contribution < -0.4 is 5.73 Å². The highest BCUT2D eigenvalue weighted by Crippen LogP contribution is 2.32. The molecule has 3 unspecified atom stereocenters. The molecule has 7 heteroatoms. The highest BCUT2D eigenvalue weighted by Gasteiger charge is 2.36. The van der Waals surface area contributed by atoms with Crippen molar-refractivity contribution in [2.75, 3.05) is 13.1 Å². The highest BCUT2D eigenvalue weighted by atomic mass is 16.1. The van der Waals surface area contributed by atoms with Crippen molar-refractivity contribution >= 4 is 5.91 Å². The third kappa shape index (κ3) is 5.45. The van der Waals surface area contributed by atoms with Gasteiger partial charge in [0.25, 0.3) is 0 Å². The van der Waals surface area contributed by atoms with Crippen molar-refractivity contribution < 1.29 is 4.79 Å². The summed E-state index contributed by atoms with van der Waals surface area (Å²) in [5, 5.41) is 0. The lowest BCUT2D eigenvalue weighted by atomic mass is 9.85. The van der Waals surface area contributed by atoms with E-state index in [0.29, 0.717) is 11.9 Å². The molecule has 0 aromatic carbocycles. The maximum Gasteiger partial charge on any atom is 0.235 e. The van der Waals surface area contributed by atoms with Gasteiger partial charge in [0.15, 0.2) is 0 Å². The average Bonchev–Trinajstić information content (AvgIpc) is 3.26. The Morgan fingerprint density at radius 3 is 2.80 bits per heavy atom. The predicted molar refractivity (Wildman–Crippen MR) is 118 cm³/mol. The van der Waals surface area contributed by atoms with Gasteiger partial charge in [-0.2, -0.15) is 0 Å². The molecule has 1 amide bonds. The Labute approximate surface area is 180 Å². The minimum Gasteiger partial charge on any atom is -0.369 e. The Bertz CT molecular complexity index is 806. The number of aromatic nitrogens is 4. The van der Waals surface area contributed by atoms with Gasteiger partial charge < -0.3 is 5.73 Å². The lowest BCUT2D eigenvalue weighted by Crippen LogP contribution is -2.49. The van der Waals surface area contributed by atoms with Crippen LogP contribution in [0.5, 0.6) is 0 Å². The van der Waals surface area contributed by atoms with Gasteiger partial charge in [0.2, 0.25) is 11.9 Å². The Hall–Kier alpha value is -2.28. The molecule has 1 aliphatic heterocycles. The second-order valence-corrected chi connectivity index (χ2v) is 8.56. The van der Waals surface area contributed by atoms with Gasteiger partial charge in [-0.1, -0.05) is 39.5 Å². The topological polar surface area (TPSA) is 89.9 Å². The summed E-state index contributed by atoms with van der Waals surface area (Å²) in [6.07, 6.45) is 13.3. The Kier molecular flexibility index (Phi) is 7.96. The molecule has 2 N–H and O–H groups in total. The van der Waals surface area contributed by atoms with E-state index in [4.69, 9.17) is 10.7 Å². The second-order valence-electron chi connectivity index (χ2n) is 8.56. The first-order chi connectivity index (χ1) is 14.5. The lowest BCUT2D eigenvalue weighted by Gasteiger charge is -2.41. The summed E-state index contributed by atoms with van der Waals surface area (Å²) in [6, 6.07) is 2.01. The zero-order valence-corrected chi connectivity index (χ0v) is 18.6. The van der Waals surface area contributed by atoms with E-state index in [2.05, 4.69) is 28.7 Å². The van der Waals surface area contributed by atoms with Crippen LogP contribution in [0.1, 0.15) is 76.1 Å². The highest BCUT2D eigenvalue weighted by molar-refractivity contribution is 5.82. The normalized spacial score (nSPS) is 19.5. The van der Waals surface area contributed by atoms with Gasteiger partial charge in [0.1, 0.15) is 6.33 Å². The van der Waals surface area contributed by atoms with E-state index in [1.165, 1.54) is 32.1 Å². The minimum atomic E-state index is -0.432. The zero-order valence-electron chi connectivity index (χ0n) is 18.6. The van der Waals surface area contributed by atoms with E-state index >= 15 is 0 Å². The average molecular weight is 413 g/mol. The van der Waals surface area contributed by atoms with Crippen LogP contribution in [-0.2, 0) is 4.79 Å². The number of amides is 1. The fraction of sp³-hybridized carbons (Fsp3) is 0.652. The van der Waals surface area contributed by atoms with Gasteiger partial charge in [0.05, 0.1) is 11.6 Å². The third-order valence-corrected chi connectivity index (χ3v) is 6.31. The van der Waals surface area contributed by atoms with E-state index in [-0.39, 0.29) is 11.9 Å². The Morgan fingerprint density at radius 1 is 1.30 bits per heavy atom. The number of likely N-dealkylation sites (tertiary alicyclic amines) is 1. The van der Waals surface area contributed by atoms with Crippen LogP contribution in [0.15, 0.2) is 24.8 Å². The molecule has 2 aromatic heterocycles. The Morgan fingerprint density at radius 2 is 2.13 bits per heavy atom. The molecule has 0 spiro atoms. The SMILES string of the molecule is CCCCC(CC)CN1CCCCC1C(C(N)=O)c1cc(C)nc(-n2ccnc2)n1. The van der Waals surface area contributed by atoms with Crippen LogP contribution in [0.2, 0.25) is 0 Å². The number of hydrogen-bond acceptors (Lipinski definition) is 5. The molecular formula is C23H36N6O. The van der Waals surface area contributed by atoms with Crippen LogP contribution in [0, 0.1) is 12.8 Å². The maximum atomic E-state index is 12.7. The number of nitrogens with zero attached hydrogens (tertiary/aromatic N) is 5. The molecule has 30 heavy (non-hydrogen) atoms. The Balaban J connectivity index is 1.89. The summed E-state index contributed by atoms with van der Waals surface area (Å²) < 4.78 is 1.77. The number of piperidine rings is 1. The summed E-state index contributed by atoms with van der Waals surface area (Å²) >= 11 is 0. The summed E-state index contributed by atoms with van der Waals surface area (Å²) in [7, 11) is 0. The number of carbonyl (C=O) groups excluding carboxylic acids is 1. The second kappa shape index (κ2) is 10.7. The minimum absolute atomic E-state index is 0.0943. The molecule has 3 atom stereocenters. The molecule has 0 bridgehead atoms. The van der Waals surface area contributed by atoms with Gasteiger partial charge >= 0.3 is 0 Å².